The fourth-order valence-corrected chi connectivity index (χ4v) is 7.89. The number of rotatable bonds is 2. The van der Waals surface area contributed by atoms with Gasteiger partial charge in [0.2, 0.25) is 0 Å². The molecule has 0 saturated carbocycles. The second kappa shape index (κ2) is 9.41. The smallest absolute Gasteiger partial charge is 0.0541 e. The summed E-state index contributed by atoms with van der Waals surface area (Å²) >= 11 is 3.62. The van der Waals surface area contributed by atoms with E-state index >= 15 is 0 Å². The highest BCUT2D eigenvalue weighted by Gasteiger charge is 2.15. The minimum absolute atomic E-state index is 0.912. The largest absolute Gasteiger partial charge is 0.309 e. The van der Waals surface area contributed by atoms with Gasteiger partial charge < -0.3 is 4.57 Å². The van der Waals surface area contributed by atoms with E-state index < -0.39 is 0 Å². The molecule has 1 nitrogen and oxygen atoms in total. The van der Waals surface area contributed by atoms with Crippen LogP contribution in [0.4, 0.5) is 0 Å². The zero-order valence-electron chi connectivity index (χ0n) is 21.8. The van der Waals surface area contributed by atoms with E-state index in [1.165, 1.54) is 69.3 Å². The number of thiophene rings is 1. The molecule has 2 aromatic heterocycles. The Kier molecular flexibility index (Phi) is 5.54. The van der Waals surface area contributed by atoms with E-state index in [1.54, 1.807) is 11.8 Å². The van der Waals surface area contributed by atoms with E-state index in [9.17, 15) is 0 Å². The lowest BCUT2D eigenvalue weighted by Crippen LogP contribution is -1.93. The Morgan fingerprint density at radius 1 is 0.625 bits per heavy atom. The van der Waals surface area contributed by atoms with Gasteiger partial charge in [0.05, 0.1) is 11.0 Å². The van der Waals surface area contributed by atoms with Crippen LogP contribution in [0.15, 0.2) is 144 Å². The summed E-state index contributed by atoms with van der Waals surface area (Å²) < 4.78 is 5.08. The quantitative estimate of drug-likeness (QED) is 0.208. The lowest BCUT2D eigenvalue weighted by Gasteiger charge is -2.11. The average Bonchev–Trinajstić information content (AvgIpc) is 3.54. The summed E-state index contributed by atoms with van der Waals surface area (Å²) in [6.07, 6.45) is 9.40. The van der Waals surface area contributed by atoms with Gasteiger partial charge in [-0.15, -0.1) is 11.3 Å². The van der Waals surface area contributed by atoms with E-state index in [0.717, 1.165) is 11.3 Å². The molecule has 0 atom stereocenters. The number of allylic oxidation sites excluding steroid dienone is 4. The predicted octanol–water partition coefficient (Wildman–Crippen LogP) is 11.1. The van der Waals surface area contributed by atoms with E-state index in [4.69, 9.17) is 0 Å². The Labute approximate surface area is 241 Å². The van der Waals surface area contributed by atoms with Crippen molar-refractivity contribution in [2.24, 2.45) is 0 Å². The summed E-state index contributed by atoms with van der Waals surface area (Å²) in [7, 11) is 0. The molecular weight excluding hydrogens is 523 g/mol. The molecule has 0 fully saturated rings. The molecule has 3 heterocycles. The Bertz CT molecular complexity index is 2190. The molecule has 40 heavy (non-hydrogen) atoms. The first-order valence-corrected chi connectivity index (χ1v) is 15.1. The minimum atomic E-state index is 0.912. The van der Waals surface area contributed by atoms with Crippen LogP contribution in [0, 0.1) is 0 Å². The van der Waals surface area contributed by atoms with Crippen LogP contribution in [0.5, 0.6) is 0 Å². The number of para-hydroxylation sites is 1. The van der Waals surface area contributed by atoms with Crippen LogP contribution >= 0.6 is 23.1 Å². The molecular formula is C37H25NS2. The van der Waals surface area contributed by atoms with Gasteiger partial charge >= 0.3 is 0 Å². The molecule has 1 aliphatic rings. The lowest BCUT2D eigenvalue weighted by molar-refractivity contribution is 1.18. The van der Waals surface area contributed by atoms with Gasteiger partial charge in [0, 0.05) is 46.4 Å². The molecule has 0 radical (unpaired) electrons. The van der Waals surface area contributed by atoms with Crippen LogP contribution in [-0.2, 0) is 6.42 Å². The fourth-order valence-electron chi connectivity index (χ4n) is 5.91. The van der Waals surface area contributed by atoms with E-state index in [-0.39, 0.29) is 0 Å². The van der Waals surface area contributed by atoms with Crippen LogP contribution in [0.1, 0.15) is 5.56 Å². The third kappa shape index (κ3) is 3.85. The Morgan fingerprint density at radius 2 is 1.40 bits per heavy atom. The Balaban J connectivity index is 1.29. The number of nitrogens with zero attached hydrogens (tertiary/aromatic N) is 1. The predicted molar refractivity (Wildman–Crippen MR) is 176 cm³/mol. The molecule has 8 rings (SSSR count). The number of fused-ring (bicyclic) bond motifs is 7. The molecule has 0 spiro atoms. The van der Waals surface area contributed by atoms with Crippen molar-refractivity contribution in [3.05, 3.63) is 144 Å². The highest BCUT2D eigenvalue weighted by molar-refractivity contribution is 8.03. The first-order valence-electron chi connectivity index (χ1n) is 13.5. The van der Waals surface area contributed by atoms with Gasteiger partial charge in [-0.2, -0.15) is 0 Å². The Hall–Kier alpha value is -4.31. The standard InChI is InChI=1S/C37H25NS2/c1-24-9-3-2-4-10-27-21-25(16-20-35(27)39-24)26-15-19-34-32(22-26)29-11-5-7-13-33(29)38(34)28-17-18-31-30-12-6-8-14-36(30)40-37(31)23-28/h2-9,11-23H,1,10H2/b4-2-,9-3-. The summed E-state index contributed by atoms with van der Waals surface area (Å²) in [6, 6.07) is 38.2. The number of benzene rings is 5. The van der Waals surface area contributed by atoms with Gasteiger partial charge in [-0.1, -0.05) is 91.2 Å². The summed E-state index contributed by atoms with van der Waals surface area (Å²) in [5.41, 5.74) is 7.49. The molecule has 7 aromatic rings. The third-order valence-corrected chi connectivity index (χ3v) is 9.95. The highest BCUT2D eigenvalue weighted by Crippen LogP contribution is 2.39. The summed E-state index contributed by atoms with van der Waals surface area (Å²) in [4.78, 5) is 2.34. The topological polar surface area (TPSA) is 4.93 Å². The van der Waals surface area contributed by atoms with Crippen molar-refractivity contribution in [2.45, 2.75) is 11.3 Å². The number of thioether (sulfide) groups is 1. The normalized spacial score (nSPS) is 15.2. The van der Waals surface area contributed by atoms with Gasteiger partial charge in [0.1, 0.15) is 0 Å². The van der Waals surface area contributed by atoms with Crippen LogP contribution in [0.25, 0.3) is 58.8 Å². The van der Waals surface area contributed by atoms with Gasteiger partial charge in [-0.05, 0) is 77.7 Å². The van der Waals surface area contributed by atoms with Gasteiger partial charge in [-0.25, -0.2) is 0 Å². The van der Waals surface area contributed by atoms with Crippen molar-refractivity contribution < 1.29 is 0 Å². The molecule has 190 valence electrons. The first kappa shape index (κ1) is 23.6. The maximum absolute atomic E-state index is 4.20. The van der Waals surface area contributed by atoms with Gasteiger partial charge in [0.25, 0.3) is 0 Å². The maximum Gasteiger partial charge on any atom is 0.0541 e. The number of aromatic nitrogens is 1. The molecule has 0 aliphatic carbocycles. The SMILES string of the molecule is C=C1/C=C\C=C/Cc2cc(-c3ccc4c(c3)c3ccccc3n4-c3ccc4c(c3)sc3ccccc34)ccc2S1. The number of hydrogen-bond acceptors (Lipinski definition) is 2. The minimum Gasteiger partial charge on any atom is -0.309 e. The number of hydrogen-bond donors (Lipinski definition) is 0. The summed E-state index contributed by atoms with van der Waals surface area (Å²) in [6.45, 7) is 4.20. The van der Waals surface area contributed by atoms with Crippen LogP contribution < -0.4 is 0 Å². The van der Waals surface area contributed by atoms with Crippen molar-refractivity contribution in [1.29, 1.82) is 0 Å². The molecule has 0 unspecified atom stereocenters. The molecule has 0 N–H and O–H groups in total. The molecule has 0 amide bonds. The Morgan fingerprint density at radius 3 is 2.35 bits per heavy atom. The van der Waals surface area contributed by atoms with Crippen molar-refractivity contribution in [3.8, 4) is 16.8 Å². The van der Waals surface area contributed by atoms with E-state index in [2.05, 4.69) is 139 Å². The van der Waals surface area contributed by atoms with Gasteiger partial charge in [-0.3, -0.25) is 0 Å². The van der Waals surface area contributed by atoms with Crippen molar-refractivity contribution in [3.63, 3.8) is 0 Å². The van der Waals surface area contributed by atoms with E-state index in [1.807, 2.05) is 11.3 Å². The van der Waals surface area contributed by atoms with Crippen molar-refractivity contribution >= 4 is 65.1 Å². The van der Waals surface area contributed by atoms with Crippen molar-refractivity contribution in [1.82, 2.24) is 4.57 Å². The second-order valence-corrected chi connectivity index (χ2v) is 12.5. The van der Waals surface area contributed by atoms with Crippen LogP contribution in [-0.4, -0.2) is 4.57 Å². The van der Waals surface area contributed by atoms with Crippen LogP contribution in [0.3, 0.4) is 0 Å². The first-order chi connectivity index (χ1) is 19.7. The highest BCUT2D eigenvalue weighted by atomic mass is 32.2. The average molecular weight is 548 g/mol. The third-order valence-electron chi connectivity index (χ3n) is 7.80. The monoisotopic (exact) mass is 547 g/mol. The molecule has 0 bridgehead atoms. The maximum atomic E-state index is 4.20. The fraction of sp³-hybridized carbons (Fsp3) is 0.0270. The molecule has 3 heteroatoms. The van der Waals surface area contributed by atoms with E-state index in [0.29, 0.717) is 0 Å². The second-order valence-electron chi connectivity index (χ2n) is 10.2. The molecule has 1 aliphatic heterocycles. The lowest BCUT2D eigenvalue weighted by atomic mass is 9.99. The zero-order chi connectivity index (χ0) is 26.6. The van der Waals surface area contributed by atoms with Crippen LogP contribution in [0.2, 0.25) is 0 Å². The summed E-state index contributed by atoms with van der Waals surface area (Å²) in [5, 5.41) is 5.22. The summed E-state index contributed by atoms with van der Waals surface area (Å²) in [5.74, 6) is 0. The zero-order valence-corrected chi connectivity index (χ0v) is 23.4. The van der Waals surface area contributed by atoms with Crippen molar-refractivity contribution in [2.75, 3.05) is 0 Å². The molecule has 5 aromatic carbocycles. The van der Waals surface area contributed by atoms with Gasteiger partial charge in [0.15, 0.2) is 0 Å². The molecule has 0 saturated heterocycles.